The number of rotatable bonds is 3. The Morgan fingerprint density at radius 1 is 1.18 bits per heavy atom. The van der Waals surface area contributed by atoms with Crippen LogP contribution in [0.4, 0.5) is 5.69 Å². The Morgan fingerprint density at radius 2 is 1.96 bits per heavy atom. The molecule has 8 heteroatoms. The third kappa shape index (κ3) is 2.29. The van der Waals surface area contributed by atoms with Crippen LogP contribution in [0.5, 0.6) is 11.5 Å². The van der Waals surface area contributed by atoms with E-state index in [4.69, 9.17) is 9.47 Å². The number of aryl methyl sites for hydroxylation is 1. The summed E-state index contributed by atoms with van der Waals surface area (Å²) in [5.74, 6) is 3.31. The minimum absolute atomic E-state index is 0.113. The van der Waals surface area contributed by atoms with Crippen molar-refractivity contribution in [3.05, 3.63) is 24.0 Å². The molecule has 0 radical (unpaired) electrons. The van der Waals surface area contributed by atoms with Crippen LogP contribution in [-0.4, -0.2) is 32.9 Å². The summed E-state index contributed by atoms with van der Waals surface area (Å²) < 4.78 is 10.8. The molecule has 1 amide bonds. The maximum absolute atomic E-state index is 13.5. The van der Waals surface area contributed by atoms with Gasteiger partial charge in [0.2, 0.25) is 12.7 Å². The van der Waals surface area contributed by atoms with Crippen LogP contribution >= 0.6 is 0 Å². The number of carbonyl (C=O) groups is 1. The van der Waals surface area contributed by atoms with E-state index >= 15 is 0 Å². The zero-order chi connectivity index (χ0) is 18.9. The molecular formula is C20H23N5O3. The average molecular weight is 381 g/mol. The Balaban J connectivity index is 1.31. The van der Waals surface area contributed by atoms with E-state index < -0.39 is 0 Å². The van der Waals surface area contributed by atoms with Gasteiger partial charge in [-0.1, -0.05) is 0 Å². The van der Waals surface area contributed by atoms with Crippen molar-refractivity contribution in [1.29, 1.82) is 0 Å². The number of hydrogen-bond donors (Lipinski definition) is 1. The van der Waals surface area contributed by atoms with Crippen LogP contribution < -0.4 is 14.8 Å². The van der Waals surface area contributed by atoms with Gasteiger partial charge in [-0.15, -0.1) is 10.2 Å². The number of nitrogens with zero attached hydrogens (tertiary/aromatic N) is 4. The summed E-state index contributed by atoms with van der Waals surface area (Å²) in [6.07, 6.45) is 6.02. The van der Waals surface area contributed by atoms with Crippen molar-refractivity contribution < 1.29 is 14.3 Å². The standard InChI is InChI=1S/C20H23N5O3/c1-12-22-24-25(23-12)20-8-13-4-14(9-20)7-19(6-13,10-20)18(26)21-15-2-3-16-17(5-15)28-11-27-16/h2-3,5,13-14H,4,6-11H2,1H3,(H,21,26)/t13-,14-,19?,20?/m1/s1. The molecule has 4 aliphatic carbocycles. The van der Waals surface area contributed by atoms with Crippen molar-refractivity contribution in [3.8, 4) is 11.5 Å². The lowest BCUT2D eigenvalue weighted by Gasteiger charge is -2.60. The molecule has 1 aliphatic heterocycles. The largest absolute Gasteiger partial charge is 0.454 e. The molecule has 2 aromatic rings. The lowest BCUT2D eigenvalue weighted by Crippen LogP contribution is -2.60. The average Bonchev–Trinajstić information content (AvgIpc) is 3.29. The molecule has 1 aromatic carbocycles. The number of fused-ring (bicyclic) bond motifs is 1. The van der Waals surface area contributed by atoms with Crippen molar-refractivity contribution in [3.63, 3.8) is 0 Å². The summed E-state index contributed by atoms with van der Waals surface area (Å²) in [4.78, 5) is 15.3. The van der Waals surface area contributed by atoms with Gasteiger partial charge in [0.25, 0.3) is 0 Å². The fourth-order valence-corrected chi connectivity index (χ4v) is 6.44. The first-order valence-electron chi connectivity index (χ1n) is 10.0. The molecule has 0 spiro atoms. The first kappa shape index (κ1) is 16.3. The monoisotopic (exact) mass is 381 g/mol. The van der Waals surface area contributed by atoms with Crippen molar-refractivity contribution in [2.45, 2.75) is 51.0 Å². The third-order valence-electron chi connectivity index (χ3n) is 7.08. The predicted molar refractivity (Wildman–Crippen MR) is 98.8 cm³/mol. The van der Waals surface area contributed by atoms with Gasteiger partial charge in [-0.3, -0.25) is 4.79 Å². The molecule has 1 N–H and O–H groups in total. The van der Waals surface area contributed by atoms with Crippen LogP contribution in [0.25, 0.3) is 0 Å². The molecule has 0 saturated heterocycles. The quantitative estimate of drug-likeness (QED) is 0.879. The summed E-state index contributed by atoms with van der Waals surface area (Å²) in [6.45, 7) is 2.10. The van der Waals surface area contributed by atoms with Crippen molar-refractivity contribution >= 4 is 11.6 Å². The molecule has 2 heterocycles. The van der Waals surface area contributed by atoms with Gasteiger partial charge in [0.05, 0.1) is 11.0 Å². The van der Waals surface area contributed by atoms with Gasteiger partial charge in [-0.2, -0.15) is 4.80 Å². The van der Waals surface area contributed by atoms with E-state index in [1.165, 1.54) is 6.42 Å². The third-order valence-corrected chi connectivity index (χ3v) is 7.08. The van der Waals surface area contributed by atoms with Crippen molar-refractivity contribution in [2.75, 3.05) is 12.1 Å². The van der Waals surface area contributed by atoms with Gasteiger partial charge in [0.15, 0.2) is 17.3 Å². The van der Waals surface area contributed by atoms with Gasteiger partial charge in [-0.05, 0) is 74.6 Å². The SMILES string of the molecule is Cc1nnn(C23C[C@@H]4C[C@H](CC(C(=O)Nc5ccc6c(c5)OCO6)(C4)C2)C3)n1. The molecule has 4 bridgehead atoms. The van der Waals surface area contributed by atoms with E-state index in [-0.39, 0.29) is 23.7 Å². The fourth-order valence-electron chi connectivity index (χ4n) is 6.44. The Morgan fingerprint density at radius 3 is 2.71 bits per heavy atom. The molecular weight excluding hydrogens is 358 g/mol. The number of carbonyl (C=O) groups excluding carboxylic acids is 1. The second kappa shape index (κ2) is 5.46. The Bertz CT molecular complexity index is 957. The maximum atomic E-state index is 13.5. The smallest absolute Gasteiger partial charge is 0.231 e. The number of ether oxygens (including phenoxy) is 2. The van der Waals surface area contributed by atoms with Gasteiger partial charge >= 0.3 is 0 Å². The van der Waals surface area contributed by atoms with E-state index in [1.54, 1.807) is 0 Å². The molecule has 28 heavy (non-hydrogen) atoms. The van der Waals surface area contributed by atoms with Gasteiger partial charge in [-0.25, -0.2) is 0 Å². The van der Waals surface area contributed by atoms with Gasteiger partial charge in [0.1, 0.15) is 0 Å². The number of tetrazole rings is 1. The lowest BCUT2D eigenvalue weighted by molar-refractivity contribution is -0.152. The molecule has 4 saturated carbocycles. The number of hydrogen-bond acceptors (Lipinski definition) is 6. The number of anilines is 1. The normalized spacial score (nSPS) is 34.6. The molecule has 146 valence electrons. The van der Waals surface area contributed by atoms with E-state index in [0.29, 0.717) is 23.4 Å². The summed E-state index contributed by atoms with van der Waals surface area (Å²) in [5.41, 5.74) is 0.230. The summed E-state index contributed by atoms with van der Waals surface area (Å²) >= 11 is 0. The van der Waals surface area contributed by atoms with Crippen LogP contribution in [0.2, 0.25) is 0 Å². The van der Waals surface area contributed by atoms with Crippen LogP contribution in [0.3, 0.4) is 0 Å². The topological polar surface area (TPSA) is 91.2 Å². The highest BCUT2D eigenvalue weighted by Gasteiger charge is 2.62. The van der Waals surface area contributed by atoms with Crippen LogP contribution in [0.15, 0.2) is 18.2 Å². The van der Waals surface area contributed by atoms with Gasteiger partial charge in [0, 0.05) is 11.8 Å². The number of benzene rings is 1. The number of nitrogens with one attached hydrogen (secondary N) is 1. The molecule has 0 unspecified atom stereocenters. The second-order valence-electron chi connectivity index (χ2n) is 9.11. The lowest BCUT2D eigenvalue weighted by atomic mass is 9.46. The summed E-state index contributed by atoms with van der Waals surface area (Å²) in [6, 6.07) is 5.57. The van der Waals surface area contributed by atoms with Crippen LogP contribution in [0.1, 0.15) is 44.3 Å². The predicted octanol–water partition coefficient (Wildman–Crippen LogP) is 2.64. The second-order valence-corrected chi connectivity index (χ2v) is 9.11. The van der Waals surface area contributed by atoms with E-state index in [2.05, 4.69) is 20.7 Å². The highest BCUT2D eigenvalue weighted by molar-refractivity contribution is 5.96. The van der Waals surface area contributed by atoms with E-state index in [0.717, 1.165) is 43.5 Å². The molecule has 2 atom stereocenters. The van der Waals surface area contributed by atoms with Crippen LogP contribution in [-0.2, 0) is 10.3 Å². The Kier molecular flexibility index (Phi) is 3.18. The minimum atomic E-state index is -0.359. The van der Waals surface area contributed by atoms with Crippen molar-refractivity contribution in [1.82, 2.24) is 20.2 Å². The maximum Gasteiger partial charge on any atom is 0.231 e. The first-order valence-corrected chi connectivity index (χ1v) is 10.0. The zero-order valence-corrected chi connectivity index (χ0v) is 15.9. The van der Waals surface area contributed by atoms with E-state index in [9.17, 15) is 4.79 Å². The molecule has 1 aromatic heterocycles. The van der Waals surface area contributed by atoms with E-state index in [1.807, 2.05) is 29.9 Å². The fraction of sp³-hybridized carbons (Fsp3) is 0.600. The van der Waals surface area contributed by atoms with Gasteiger partial charge < -0.3 is 14.8 Å². The molecule has 7 rings (SSSR count). The Labute approximate surface area is 162 Å². The zero-order valence-electron chi connectivity index (χ0n) is 15.9. The van der Waals surface area contributed by atoms with Crippen molar-refractivity contribution in [2.24, 2.45) is 17.3 Å². The summed E-state index contributed by atoms with van der Waals surface area (Å²) in [5, 5.41) is 16.1. The highest BCUT2D eigenvalue weighted by Crippen LogP contribution is 2.64. The first-order chi connectivity index (χ1) is 13.5. The van der Waals surface area contributed by atoms with Crippen LogP contribution in [0, 0.1) is 24.2 Å². The number of aromatic nitrogens is 4. The highest BCUT2D eigenvalue weighted by atomic mass is 16.7. The molecule has 4 fully saturated rings. The molecule has 5 aliphatic rings. The molecule has 8 nitrogen and oxygen atoms in total. The Hall–Kier alpha value is -2.64. The number of amides is 1. The summed E-state index contributed by atoms with van der Waals surface area (Å²) in [7, 11) is 0. The minimum Gasteiger partial charge on any atom is -0.454 e.